The lowest BCUT2D eigenvalue weighted by Gasteiger charge is -2.10. The van der Waals surface area contributed by atoms with Crippen LogP contribution in [0.5, 0.6) is 11.5 Å². The molecule has 2 aromatic heterocycles. The number of hydrazone groups is 1. The van der Waals surface area contributed by atoms with Gasteiger partial charge < -0.3 is 18.5 Å². The first-order valence-electron chi connectivity index (χ1n) is 9.61. The highest BCUT2D eigenvalue weighted by atomic mass is 35.5. The highest BCUT2D eigenvalue weighted by Gasteiger charge is 2.17. The predicted octanol–water partition coefficient (Wildman–Crippen LogP) is 4.99. The van der Waals surface area contributed by atoms with Gasteiger partial charge in [-0.1, -0.05) is 11.6 Å². The quantitative estimate of drug-likeness (QED) is 0.362. The zero-order chi connectivity index (χ0) is 21.5. The van der Waals surface area contributed by atoms with Gasteiger partial charge in [-0.15, -0.1) is 0 Å². The number of carbonyl (C=O) groups excluding carboxylic acids is 1. The van der Waals surface area contributed by atoms with E-state index in [4.69, 9.17) is 25.5 Å². The van der Waals surface area contributed by atoms with Crippen LogP contribution in [0.25, 0.3) is 16.7 Å². The Kier molecular flexibility index (Phi) is 4.67. The van der Waals surface area contributed by atoms with Crippen LogP contribution in [0, 0.1) is 13.8 Å². The normalized spacial score (nSPS) is 12.7. The highest BCUT2D eigenvalue weighted by molar-refractivity contribution is 6.31. The number of hydrogen-bond donors (Lipinski definition) is 1. The van der Waals surface area contributed by atoms with E-state index in [9.17, 15) is 4.79 Å². The van der Waals surface area contributed by atoms with Gasteiger partial charge in [0.2, 0.25) is 6.79 Å². The molecule has 0 radical (unpaired) electrons. The molecule has 1 aliphatic heterocycles. The minimum atomic E-state index is -0.437. The molecule has 1 amide bonds. The van der Waals surface area contributed by atoms with E-state index in [-0.39, 0.29) is 12.6 Å². The average molecular weight is 436 g/mol. The molecule has 2 aromatic carbocycles. The summed E-state index contributed by atoms with van der Waals surface area (Å²) in [6.45, 7) is 4.23. The number of nitrogens with one attached hydrogen (secondary N) is 1. The Hall–Kier alpha value is -3.71. The van der Waals surface area contributed by atoms with E-state index in [0.29, 0.717) is 10.6 Å². The number of ether oxygens (including phenoxy) is 2. The second-order valence-corrected chi connectivity index (χ2v) is 7.63. The number of furan rings is 1. The molecule has 156 valence electrons. The van der Waals surface area contributed by atoms with Gasteiger partial charge in [0.15, 0.2) is 17.3 Å². The van der Waals surface area contributed by atoms with Gasteiger partial charge in [-0.2, -0.15) is 5.10 Å². The highest BCUT2D eigenvalue weighted by Crippen LogP contribution is 2.34. The fourth-order valence-corrected chi connectivity index (χ4v) is 3.86. The van der Waals surface area contributed by atoms with Crippen LogP contribution in [-0.2, 0) is 0 Å². The van der Waals surface area contributed by atoms with Gasteiger partial charge in [0, 0.05) is 39.1 Å². The van der Waals surface area contributed by atoms with Crippen molar-refractivity contribution in [2.75, 3.05) is 6.79 Å². The summed E-state index contributed by atoms with van der Waals surface area (Å²) in [5.41, 5.74) is 6.95. The summed E-state index contributed by atoms with van der Waals surface area (Å²) in [4.78, 5) is 12.4. The van der Waals surface area contributed by atoms with Gasteiger partial charge in [0.1, 0.15) is 5.58 Å². The van der Waals surface area contributed by atoms with Crippen LogP contribution in [0.15, 0.2) is 58.0 Å². The summed E-state index contributed by atoms with van der Waals surface area (Å²) >= 11 is 5.98. The van der Waals surface area contributed by atoms with Crippen LogP contribution >= 0.6 is 11.6 Å². The van der Waals surface area contributed by atoms with Crippen molar-refractivity contribution in [3.8, 4) is 17.2 Å². The fraction of sp³-hybridized carbons (Fsp3) is 0.130. The van der Waals surface area contributed by atoms with Crippen LogP contribution in [-0.4, -0.2) is 23.5 Å². The van der Waals surface area contributed by atoms with E-state index in [2.05, 4.69) is 15.1 Å². The zero-order valence-electron chi connectivity index (χ0n) is 16.8. The number of aromatic nitrogens is 1. The maximum Gasteiger partial charge on any atom is 0.307 e. The minimum Gasteiger partial charge on any atom is -0.454 e. The largest absolute Gasteiger partial charge is 0.454 e. The molecule has 0 unspecified atom stereocenters. The summed E-state index contributed by atoms with van der Waals surface area (Å²) in [5.74, 6) is 1.19. The molecule has 0 fully saturated rings. The van der Waals surface area contributed by atoms with Crippen molar-refractivity contribution < 1.29 is 18.7 Å². The van der Waals surface area contributed by atoms with Gasteiger partial charge in [-0.3, -0.25) is 4.79 Å². The third-order valence-electron chi connectivity index (χ3n) is 5.16. The minimum absolute atomic E-state index is 0.167. The van der Waals surface area contributed by atoms with Crippen LogP contribution in [0.2, 0.25) is 5.02 Å². The first kappa shape index (κ1) is 19.3. The smallest absolute Gasteiger partial charge is 0.307 e. The van der Waals surface area contributed by atoms with Crippen LogP contribution in [0.3, 0.4) is 0 Å². The van der Waals surface area contributed by atoms with E-state index in [1.807, 2.05) is 38.1 Å². The van der Waals surface area contributed by atoms with E-state index in [1.54, 1.807) is 30.5 Å². The first-order chi connectivity index (χ1) is 15.0. The first-order valence-corrected chi connectivity index (χ1v) is 9.99. The Morgan fingerprint density at radius 3 is 2.81 bits per heavy atom. The SMILES string of the molecule is Cc1cc(C=NNC(=O)c2cc3cc(Cl)ccc3o2)c(C)n1-c1ccc2c(c1)OCO2. The monoisotopic (exact) mass is 435 g/mol. The number of nitrogens with zero attached hydrogens (tertiary/aromatic N) is 2. The maximum absolute atomic E-state index is 12.4. The second kappa shape index (κ2) is 7.52. The number of aryl methyl sites for hydroxylation is 1. The number of hydrogen-bond acceptors (Lipinski definition) is 5. The number of halogens is 1. The summed E-state index contributed by atoms with van der Waals surface area (Å²) in [7, 11) is 0. The van der Waals surface area contributed by atoms with Crippen LogP contribution in [0.4, 0.5) is 0 Å². The Labute approximate surface area is 182 Å². The maximum atomic E-state index is 12.4. The third-order valence-corrected chi connectivity index (χ3v) is 5.39. The number of amides is 1. The Morgan fingerprint density at radius 1 is 1.10 bits per heavy atom. The Bertz CT molecular complexity index is 1350. The molecule has 0 saturated carbocycles. The molecule has 0 saturated heterocycles. The molecule has 5 rings (SSSR count). The van der Waals surface area contributed by atoms with Crippen molar-refractivity contribution in [1.82, 2.24) is 9.99 Å². The molecular formula is C23H18ClN3O4. The van der Waals surface area contributed by atoms with Gasteiger partial charge in [-0.05, 0) is 56.3 Å². The third kappa shape index (κ3) is 3.53. The Morgan fingerprint density at radius 2 is 1.94 bits per heavy atom. The van der Waals surface area contributed by atoms with E-state index < -0.39 is 5.91 Å². The van der Waals surface area contributed by atoms with Crippen molar-refractivity contribution in [3.05, 3.63) is 76.3 Å². The number of carbonyl (C=O) groups is 1. The summed E-state index contributed by atoms with van der Waals surface area (Å²) < 4.78 is 18.5. The molecule has 3 heterocycles. The van der Waals surface area contributed by atoms with Crippen molar-refractivity contribution >= 4 is 34.7 Å². The molecule has 7 nitrogen and oxygen atoms in total. The fourth-order valence-electron chi connectivity index (χ4n) is 3.68. The predicted molar refractivity (Wildman–Crippen MR) is 118 cm³/mol. The molecule has 0 bridgehead atoms. The number of rotatable bonds is 4. The molecule has 1 N–H and O–H groups in total. The Balaban J connectivity index is 1.35. The number of benzene rings is 2. The summed E-state index contributed by atoms with van der Waals surface area (Å²) in [6, 6.07) is 14.6. The van der Waals surface area contributed by atoms with E-state index in [0.717, 1.165) is 39.5 Å². The van der Waals surface area contributed by atoms with Crippen molar-refractivity contribution in [2.24, 2.45) is 5.10 Å². The molecule has 31 heavy (non-hydrogen) atoms. The lowest BCUT2D eigenvalue weighted by atomic mass is 10.2. The molecule has 1 aliphatic rings. The van der Waals surface area contributed by atoms with Crippen molar-refractivity contribution in [3.63, 3.8) is 0 Å². The van der Waals surface area contributed by atoms with E-state index >= 15 is 0 Å². The molecular weight excluding hydrogens is 418 g/mol. The average Bonchev–Trinajstić information content (AvgIpc) is 3.44. The van der Waals surface area contributed by atoms with Gasteiger partial charge >= 0.3 is 5.91 Å². The van der Waals surface area contributed by atoms with Crippen molar-refractivity contribution in [2.45, 2.75) is 13.8 Å². The van der Waals surface area contributed by atoms with E-state index in [1.165, 1.54) is 0 Å². The second-order valence-electron chi connectivity index (χ2n) is 7.19. The summed E-state index contributed by atoms with van der Waals surface area (Å²) in [5, 5.41) is 5.44. The lowest BCUT2D eigenvalue weighted by molar-refractivity contribution is 0.0929. The molecule has 0 atom stereocenters. The van der Waals surface area contributed by atoms with Gasteiger partial charge in [0.05, 0.1) is 6.21 Å². The summed E-state index contributed by atoms with van der Waals surface area (Å²) in [6.07, 6.45) is 1.61. The standard InChI is InChI=1S/C23H18ClN3O4/c1-13-7-16(14(2)27(13)18-4-6-20-21(10-18)30-12-29-20)11-25-26-23(28)22-9-15-8-17(24)3-5-19(15)31-22/h3-11H,12H2,1-2H3,(H,26,28). The number of fused-ring (bicyclic) bond motifs is 2. The van der Waals surface area contributed by atoms with Crippen LogP contribution < -0.4 is 14.9 Å². The van der Waals surface area contributed by atoms with Crippen molar-refractivity contribution in [1.29, 1.82) is 0 Å². The topological polar surface area (TPSA) is 78.0 Å². The molecule has 0 spiro atoms. The molecule has 4 aromatic rings. The van der Waals surface area contributed by atoms with Gasteiger partial charge in [-0.25, -0.2) is 5.43 Å². The van der Waals surface area contributed by atoms with Gasteiger partial charge in [0.25, 0.3) is 0 Å². The molecule has 0 aliphatic carbocycles. The molecule has 8 heteroatoms. The lowest BCUT2D eigenvalue weighted by Crippen LogP contribution is -2.16. The van der Waals surface area contributed by atoms with Crippen LogP contribution in [0.1, 0.15) is 27.5 Å². The zero-order valence-corrected chi connectivity index (χ0v) is 17.6.